The van der Waals surface area contributed by atoms with Gasteiger partial charge >= 0.3 is 0 Å². The van der Waals surface area contributed by atoms with Crippen molar-refractivity contribution in [3.8, 4) is 5.82 Å². The molecule has 0 aromatic carbocycles. The van der Waals surface area contributed by atoms with Gasteiger partial charge in [-0.15, -0.1) is 0 Å². The largest absolute Gasteiger partial charge is 0.306 e. The lowest BCUT2D eigenvalue weighted by Crippen LogP contribution is -2.35. The zero-order chi connectivity index (χ0) is 13.2. The molecular weight excluding hydrogens is 292 g/mol. The maximum Gasteiger partial charge on any atom is 0.153 e. The van der Waals surface area contributed by atoms with Crippen molar-refractivity contribution >= 4 is 15.9 Å². The van der Waals surface area contributed by atoms with Crippen LogP contribution < -0.4 is 5.32 Å². The van der Waals surface area contributed by atoms with Crippen LogP contribution in [-0.4, -0.2) is 20.3 Å². The highest BCUT2D eigenvalue weighted by molar-refractivity contribution is 9.10. The van der Waals surface area contributed by atoms with Crippen LogP contribution in [0.15, 0.2) is 35.1 Å². The number of hydrogen-bond acceptors (Lipinski definition) is 3. The summed E-state index contributed by atoms with van der Waals surface area (Å²) in [5, 5.41) is 7.64. The number of nitrogens with one attached hydrogen (secondary N) is 1. The van der Waals surface area contributed by atoms with Crippen LogP contribution >= 0.6 is 15.9 Å². The highest BCUT2D eigenvalue weighted by Gasteiger charge is 2.09. The van der Waals surface area contributed by atoms with E-state index in [9.17, 15) is 0 Å². The Morgan fingerprint density at radius 1 is 1.33 bits per heavy atom. The minimum Gasteiger partial charge on any atom is -0.306 e. The lowest BCUT2D eigenvalue weighted by atomic mass is 10.1. The van der Waals surface area contributed by atoms with E-state index in [1.165, 1.54) is 0 Å². The molecule has 4 nitrogen and oxygen atoms in total. The minimum atomic E-state index is 0.0897. The molecule has 2 heterocycles. The van der Waals surface area contributed by atoms with Gasteiger partial charge in [-0.3, -0.25) is 0 Å². The topological polar surface area (TPSA) is 42.7 Å². The van der Waals surface area contributed by atoms with Gasteiger partial charge in [0.15, 0.2) is 5.82 Å². The summed E-state index contributed by atoms with van der Waals surface area (Å²) in [5.74, 6) is 0.828. The van der Waals surface area contributed by atoms with Crippen molar-refractivity contribution in [3.05, 3.63) is 40.8 Å². The first-order chi connectivity index (χ1) is 8.44. The molecule has 0 saturated carbocycles. The SMILES string of the molecule is CC(C)(C)NCc1cccc(-n2cc(Br)cn2)n1. The van der Waals surface area contributed by atoms with Crippen molar-refractivity contribution in [1.29, 1.82) is 0 Å². The van der Waals surface area contributed by atoms with E-state index in [-0.39, 0.29) is 5.54 Å². The van der Waals surface area contributed by atoms with E-state index < -0.39 is 0 Å². The molecule has 0 aliphatic carbocycles. The second-order valence-corrected chi connectivity index (χ2v) is 6.11. The molecule has 5 heteroatoms. The predicted octanol–water partition coefficient (Wildman–Crippen LogP) is 2.92. The summed E-state index contributed by atoms with van der Waals surface area (Å²) in [6.07, 6.45) is 3.64. The molecular formula is C13H17BrN4. The summed E-state index contributed by atoms with van der Waals surface area (Å²) in [5.41, 5.74) is 1.10. The number of halogens is 1. The predicted molar refractivity (Wildman–Crippen MR) is 75.7 cm³/mol. The van der Waals surface area contributed by atoms with E-state index >= 15 is 0 Å². The Hall–Kier alpha value is -1.20. The van der Waals surface area contributed by atoms with Crippen molar-refractivity contribution in [2.75, 3.05) is 0 Å². The molecule has 2 aromatic heterocycles. The second kappa shape index (κ2) is 5.20. The van der Waals surface area contributed by atoms with Crippen LogP contribution in [0.5, 0.6) is 0 Å². The van der Waals surface area contributed by atoms with Gasteiger partial charge in [-0.05, 0) is 48.8 Å². The number of rotatable bonds is 3. The maximum atomic E-state index is 4.58. The highest BCUT2D eigenvalue weighted by Crippen LogP contribution is 2.11. The van der Waals surface area contributed by atoms with Gasteiger partial charge in [-0.25, -0.2) is 9.67 Å². The van der Waals surface area contributed by atoms with Crippen molar-refractivity contribution in [1.82, 2.24) is 20.1 Å². The van der Waals surface area contributed by atoms with Crippen LogP contribution in [0.3, 0.4) is 0 Å². The molecule has 2 rings (SSSR count). The third kappa shape index (κ3) is 3.65. The monoisotopic (exact) mass is 308 g/mol. The fourth-order valence-corrected chi connectivity index (χ4v) is 1.76. The lowest BCUT2D eigenvalue weighted by Gasteiger charge is -2.20. The molecule has 18 heavy (non-hydrogen) atoms. The molecule has 0 aliphatic rings. The summed E-state index contributed by atoms with van der Waals surface area (Å²) in [6, 6.07) is 5.96. The van der Waals surface area contributed by atoms with Gasteiger partial charge < -0.3 is 5.32 Å². The maximum absolute atomic E-state index is 4.58. The minimum absolute atomic E-state index is 0.0897. The van der Waals surface area contributed by atoms with Crippen LogP contribution in [-0.2, 0) is 6.54 Å². The number of pyridine rings is 1. The lowest BCUT2D eigenvalue weighted by molar-refractivity contribution is 0.421. The van der Waals surface area contributed by atoms with Gasteiger partial charge in [0.25, 0.3) is 0 Å². The third-order valence-corrected chi connectivity index (χ3v) is 2.79. The fourth-order valence-electron chi connectivity index (χ4n) is 1.47. The van der Waals surface area contributed by atoms with Gasteiger partial charge in [-0.1, -0.05) is 6.07 Å². The van der Waals surface area contributed by atoms with Crippen molar-refractivity contribution in [3.63, 3.8) is 0 Å². The van der Waals surface area contributed by atoms with E-state index in [0.717, 1.165) is 22.5 Å². The van der Waals surface area contributed by atoms with Crippen LogP contribution in [0.25, 0.3) is 5.82 Å². The van der Waals surface area contributed by atoms with E-state index in [0.29, 0.717) is 0 Å². The summed E-state index contributed by atoms with van der Waals surface area (Å²) in [4.78, 5) is 4.58. The molecule has 0 unspecified atom stereocenters. The van der Waals surface area contributed by atoms with Gasteiger partial charge in [0.1, 0.15) is 0 Å². The first kappa shape index (κ1) is 13.2. The zero-order valence-electron chi connectivity index (χ0n) is 10.8. The number of aromatic nitrogens is 3. The van der Waals surface area contributed by atoms with Crippen LogP contribution in [0.2, 0.25) is 0 Å². The Balaban J connectivity index is 2.15. The van der Waals surface area contributed by atoms with Crippen LogP contribution in [0.1, 0.15) is 26.5 Å². The van der Waals surface area contributed by atoms with E-state index in [2.05, 4.69) is 52.1 Å². The molecule has 0 aliphatic heterocycles. The highest BCUT2D eigenvalue weighted by atomic mass is 79.9. The van der Waals surface area contributed by atoms with Crippen molar-refractivity contribution in [2.24, 2.45) is 0 Å². The standard InChI is InChI=1S/C13H17BrN4/c1-13(2,3)15-8-11-5-4-6-12(17-11)18-9-10(14)7-16-18/h4-7,9,15H,8H2,1-3H3. The molecule has 2 aromatic rings. The Kier molecular flexibility index (Phi) is 3.82. The first-order valence-corrected chi connectivity index (χ1v) is 6.65. The summed E-state index contributed by atoms with van der Waals surface area (Å²) in [6.45, 7) is 7.17. The Labute approximate surface area is 116 Å². The molecule has 0 fully saturated rings. The molecule has 0 atom stereocenters. The average molecular weight is 309 g/mol. The fraction of sp³-hybridized carbons (Fsp3) is 0.385. The average Bonchev–Trinajstić information content (AvgIpc) is 2.73. The van der Waals surface area contributed by atoms with Gasteiger partial charge in [-0.2, -0.15) is 5.10 Å². The van der Waals surface area contributed by atoms with Crippen LogP contribution in [0.4, 0.5) is 0 Å². The van der Waals surface area contributed by atoms with Gasteiger partial charge in [0.2, 0.25) is 0 Å². The molecule has 0 saturated heterocycles. The van der Waals surface area contributed by atoms with Crippen LogP contribution in [0, 0.1) is 0 Å². The van der Waals surface area contributed by atoms with E-state index in [1.54, 1.807) is 10.9 Å². The smallest absolute Gasteiger partial charge is 0.153 e. The Bertz CT molecular complexity index is 528. The van der Waals surface area contributed by atoms with E-state index in [4.69, 9.17) is 0 Å². The van der Waals surface area contributed by atoms with Gasteiger partial charge in [0.05, 0.1) is 16.4 Å². The molecule has 0 radical (unpaired) electrons. The molecule has 96 valence electrons. The second-order valence-electron chi connectivity index (χ2n) is 5.19. The molecule has 1 N–H and O–H groups in total. The molecule has 0 amide bonds. The molecule has 0 bridgehead atoms. The van der Waals surface area contributed by atoms with Crippen molar-refractivity contribution < 1.29 is 0 Å². The summed E-state index contributed by atoms with van der Waals surface area (Å²) in [7, 11) is 0. The Morgan fingerprint density at radius 3 is 2.72 bits per heavy atom. The summed E-state index contributed by atoms with van der Waals surface area (Å²) < 4.78 is 2.70. The number of nitrogens with zero attached hydrogens (tertiary/aromatic N) is 3. The summed E-state index contributed by atoms with van der Waals surface area (Å²) >= 11 is 3.38. The normalized spacial score (nSPS) is 11.8. The zero-order valence-corrected chi connectivity index (χ0v) is 12.4. The molecule has 0 spiro atoms. The van der Waals surface area contributed by atoms with E-state index in [1.807, 2.05) is 24.4 Å². The number of hydrogen-bond donors (Lipinski definition) is 1. The van der Waals surface area contributed by atoms with Gasteiger partial charge in [0, 0.05) is 18.3 Å². The van der Waals surface area contributed by atoms with Crippen molar-refractivity contribution in [2.45, 2.75) is 32.9 Å². The first-order valence-electron chi connectivity index (χ1n) is 5.85. The quantitative estimate of drug-likeness (QED) is 0.948. The Morgan fingerprint density at radius 2 is 2.11 bits per heavy atom. The third-order valence-electron chi connectivity index (χ3n) is 2.38.